The molecule has 0 N–H and O–H groups in total. The Balaban J connectivity index is 1.63. The van der Waals surface area contributed by atoms with Gasteiger partial charge in [0.25, 0.3) is 0 Å². The number of carbonyl (C=O) groups excluding carboxylic acids is 1. The number of methoxy groups -OCH3 is 1. The summed E-state index contributed by atoms with van der Waals surface area (Å²) in [5.74, 6) is -0.394. The molecular formula is C20H20FN3O2. The van der Waals surface area contributed by atoms with Gasteiger partial charge >= 0.3 is 0 Å². The third-order valence-corrected chi connectivity index (χ3v) is 4.07. The number of amides is 1. The van der Waals surface area contributed by atoms with Gasteiger partial charge in [-0.3, -0.25) is 4.79 Å². The molecule has 0 atom stereocenters. The molecule has 1 amide bonds. The number of benzene rings is 2. The Hall–Kier alpha value is -3.15. The summed E-state index contributed by atoms with van der Waals surface area (Å²) in [6, 6.07) is 14.3. The number of aromatic nitrogens is 2. The highest BCUT2D eigenvalue weighted by molar-refractivity contribution is 5.78. The van der Waals surface area contributed by atoms with Gasteiger partial charge in [0.2, 0.25) is 5.91 Å². The quantitative estimate of drug-likeness (QED) is 0.684. The minimum absolute atomic E-state index is 0.0953. The van der Waals surface area contributed by atoms with Crippen molar-refractivity contribution < 1.29 is 13.9 Å². The molecule has 5 nitrogen and oxygen atoms in total. The Morgan fingerprint density at radius 2 is 1.96 bits per heavy atom. The summed E-state index contributed by atoms with van der Waals surface area (Å²) < 4.78 is 20.4. The molecule has 134 valence electrons. The van der Waals surface area contributed by atoms with E-state index in [1.165, 1.54) is 19.2 Å². The Bertz CT molecular complexity index is 893. The van der Waals surface area contributed by atoms with E-state index in [4.69, 9.17) is 4.74 Å². The van der Waals surface area contributed by atoms with Crippen LogP contribution in [-0.2, 0) is 17.8 Å². The predicted octanol–water partition coefficient (Wildman–Crippen LogP) is 3.22. The summed E-state index contributed by atoms with van der Waals surface area (Å²) in [5.41, 5.74) is 2.49. The molecule has 6 heteroatoms. The van der Waals surface area contributed by atoms with Crippen LogP contribution in [0.4, 0.5) is 4.39 Å². The van der Waals surface area contributed by atoms with Crippen molar-refractivity contribution in [3.63, 3.8) is 0 Å². The molecule has 1 heterocycles. The van der Waals surface area contributed by atoms with Gasteiger partial charge in [-0.1, -0.05) is 24.3 Å². The molecule has 0 aliphatic rings. The second kappa shape index (κ2) is 7.82. The number of halogens is 1. The molecule has 0 fully saturated rings. The highest BCUT2D eigenvalue weighted by atomic mass is 19.1. The molecule has 26 heavy (non-hydrogen) atoms. The molecule has 0 saturated heterocycles. The first kappa shape index (κ1) is 17.7. The minimum atomic E-state index is -0.468. The van der Waals surface area contributed by atoms with Crippen molar-refractivity contribution in [2.24, 2.45) is 0 Å². The zero-order chi connectivity index (χ0) is 18.5. The molecule has 1 aromatic heterocycles. The number of hydrogen-bond acceptors (Lipinski definition) is 3. The summed E-state index contributed by atoms with van der Waals surface area (Å²) in [7, 11) is 3.13. The first-order valence-corrected chi connectivity index (χ1v) is 8.22. The third-order valence-electron chi connectivity index (χ3n) is 4.07. The van der Waals surface area contributed by atoms with E-state index in [1.54, 1.807) is 28.9 Å². The van der Waals surface area contributed by atoms with Gasteiger partial charge in [-0.15, -0.1) is 0 Å². The van der Waals surface area contributed by atoms with E-state index in [-0.39, 0.29) is 18.1 Å². The Morgan fingerprint density at radius 3 is 2.65 bits per heavy atom. The number of ether oxygens (including phenoxy) is 1. The maximum absolute atomic E-state index is 13.8. The van der Waals surface area contributed by atoms with Crippen molar-refractivity contribution in [1.29, 1.82) is 0 Å². The SMILES string of the molecule is COc1ccc(CC(=O)N(C)Cc2cnn(-c3ccccc3)c2)cc1F. The van der Waals surface area contributed by atoms with Crippen LogP contribution in [0.25, 0.3) is 5.69 Å². The number of hydrogen-bond donors (Lipinski definition) is 0. The standard InChI is InChI=1S/C20H20FN3O2/c1-23(20(25)11-15-8-9-19(26-2)18(21)10-15)13-16-12-22-24(14-16)17-6-4-3-5-7-17/h3-10,12,14H,11,13H2,1-2H3. The van der Waals surface area contributed by atoms with Crippen molar-refractivity contribution in [3.8, 4) is 11.4 Å². The maximum atomic E-state index is 13.8. The van der Waals surface area contributed by atoms with Gasteiger partial charge in [-0.05, 0) is 29.8 Å². The second-order valence-corrected chi connectivity index (χ2v) is 6.02. The van der Waals surface area contributed by atoms with Crippen molar-refractivity contribution in [3.05, 3.63) is 77.9 Å². The highest BCUT2D eigenvalue weighted by Crippen LogP contribution is 2.18. The maximum Gasteiger partial charge on any atom is 0.227 e. The van der Waals surface area contributed by atoms with Crippen molar-refractivity contribution >= 4 is 5.91 Å². The van der Waals surface area contributed by atoms with Crippen molar-refractivity contribution in [1.82, 2.24) is 14.7 Å². The van der Waals surface area contributed by atoms with Crippen LogP contribution in [0.5, 0.6) is 5.75 Å². The molecule has 0 aliphatic carbocycles. The molecule has 0 aliphatic heterocycles. The Morgan fingerprint density at radius 1 is 1.19 bits per heavy atom. The predicted molar refractivity (Wildman–Crippen MR) is 96.7 cm³/mol. The molecule has 0 radical (unpaired) electrons. The minimum Gasteiger partial charge on any atom is -0.494 e. The van der Waals surface area contributed by atoms with Crippen LogP contribution in [0.15, 0.2) is 60.9 Å². The fourth-order valence-corrected chi connectivity index (χ4v) is 2.66. The monoisotopic (exact) mass is 353 g/mol. The lowest BCUT2D eigenvalue weighted by molar-refractivity contribution is -0.129. The highest BCUT2D eigenvalue weighted by Gasteiger charge is 2.13. The topological polar surface area (TPSA) is 47.4 Å². The Labute approximate surface area is 151 Å². The van der Waals surface area contributed by atoms with Crippen molar-refractivity contribution in [2.45, 2.75) is 13.0 Å². The van der Waals surface area contributed by atoms with Gasteiger partial charge < -0.3 is 9.64 Å². The molecule has 3 aromatic rings. The molecule has 2 aromatic carbocycles. The number of para-hydroxylation sites is 1. The number of likely N-dealkylation sites (N-methyl/N-ethyl adjacent to an activating group) is 1. The van der Waals surface area contributed by atoms with Crippen LogP contribution in [0.1, 0.15) is 11.1 Å². The first-order valence-electron chi connectivity index (χ1n) is 8.22. The van der Waals surface area contributed by atoms with Crippen LogP contribution < -0.4 is 4.74 Å². The van der Waals surface area contributed by atoms with E-state index < -0.39 is 5.82 Å². The van der Waals surface area contributed by atoms with Gasteiger partial charge in [-0.25, -0.2) is 9.07 Å². The van der Waals surface area contributed by atoms with E-state index in [2.05, 4.69) is 5.10 Å². The van der Waals surface area contributed by atoms with E-state index in [9.17, 15) is 9.18 Å². The summed E-state index contributed by atoms with van der Waals surface area (Å²) >= 11 is 0. The van der Waals surface area contributed by atoms with E-state index in [0.29, 0.717) is 12.1 Å². The largest absolute Gasteiger partial charge is 0.494 e. The van der Waals surface area contributed by atoms with Crippen LogP contribution in [0, 0.1) is 5.82 Å². The van der Waals surface area contributed by atoms with Gasteiger partial charge in [0.05, 0.1) is 25.4 Å². The molecule has 0 spiro atoms. The fourth-order valence-electron chi connectivity index (χ4n) is 2.66. The van der Waals surface area contributed by atoms with Crippen LogP contribution >= 0.6 is 0 Å². The molecular weight excluding hydrogens is 333 g/mol. The van der Waals surface area contributed by atoms with Gasteiger partial charge in [0.15, 0.2) is 11.6 Å². The lowest BCUT2D eigenvalue weighted by Crippen LogP contribution is -2.27. The third kappa shape index (κ3) is 4.08. The lowest BCUT2D eigenvalue weighted by Gasteiger charge is -2.16. The van der Waals surface area contributed by atoms with Crippen LogP contribution in [-0.4, -0.2) is 34.7 Å². The van der Waals surface area contributed by atoms with Crippen LogP contribution in [0.3, 0.4) is 0 Å². The molecule has 3 rings (SSSR count). The molecule has 0 saturated carbocycles. The second-order valence-electron chi connectivity index (χ2n) is 6.02. The molecule has 0 unspecified atom stereocenters. The van der Waals surface area contributed by atoms with E-state index in [1.807, 2.05) is 36.5 Å². The number of nitrogens with zero attached hydrogens (tertiary/aromatic N) is 3. The van der Waals surface area contributed by atoms with E-state index in [0.717, 1.165) is 11.3 Å². The summed E-state index contributed by atoms with van der Waals surface area (Å²) in [6.45, 7) is 0.435. The summed E-state index contributed by atoms with van der Waals surface area (Å²) in [4.78, 5) is 14.0. The molecule has 0 bridgehead atoms. The zero-order valence-corrected chi connectivity index (χ0v) is 14.7. The van der Waals surface area contributed by atoms with E-state index >= 15 is 0 Å². The lowest BCUT2D eigenvalue weighted by atomic mass is 10.1. The summed E-state index contributed by atoms with van der Waals surface area (Å²) in [6.07, 6.45) is 3.76. The van der Waals surface area contributed by atoms with Gasteiger partial charge in [-0.2, -0.15) is 5.10 Å². The normalized spacial score (nSPS) is 10.6. The van der Waals surface area contributed by atoms with Gasteiger partial charge in [0, 0.05) is 25.4 Å². The number of carbonyl (C=O) groups is 1. The van der Waals surface area contributed by atoms with Gasteiger partial charge in [0.1, 0.15) is 0 Å². The van der Waals surface area contributed by atoms with Crippen LogP contribution in [0.2, 0.25) is 0 Å². The zero-order valence-electron chi connectivity index (χ0n) is 14.7. The first-order chi connectivity index (χ1) is 12.6. The summed E-state index contributed by atoms with van der Waals surface area (Å²) in [5, 5.41) is 4.33. The van der Waals surface area contributed by atoms with Crippen molar-refractivity contribution in [2.75, 3.05) is 14.2 Å². The average molecular weight is 353 g/mol. The fraction of sp³-hybridized carbons (Fsp3) is 0.200. The smallest absolute Gasteiger partial charge is 0.227 e. The average Bonchev–Trinajstić information content (AvgIpc) is 3.11. The number of rotatable bonds is 6. The Kier molecular flexibility index (Phi) is 5.31.